The summed E-state index contributed by atoms with van der Waals surface area (Å²) in [6.45, 7) is 23.8. The van der Waals surface area contributed by atoms with Crippen molar-refractivity contribution in [3.8, 4) is 17.2 Å². The number of nitrogens with zero attached hydrogens (tertiary/aromatic N) is 6. The number of aromatic nitrogens is 3. The van der Waals surface area contributed by atoms with E-state index in [0.717, 1.165) is 183 Å². The Kier molecular flexibility index (Phi) is 29.2. The molecule has 0 atom stereocenters. The number of aromatic amines is 2. The molecular weight excluding hydrogens is 1660 g/mol. The molecule has 2 saturated heterocycles. The number of ketones is 2. The molecule has 1 aliphatic carbocycles. The second-order valence-electron chi connectivity index (χ2n) is 31.6. The van der Waals surface area contributed by atoms with E-state index in [-0.39, 0.29) is 35.8 Å². The first-order valence-corrected chi connectivity index (χ1v) is 43.1. The minimum absolute atomic E-state index is 0.00114. The van der Waals surface area contributed by atoms with Gasteiger partial charge in [-0.25, -0.2) is 4.98 Å². The first kappa shape index (κ1) is 89.7. The lowest BCUT2D eigenvalue weighted by molar-refractivity contribution is -0.137. The van der Waals surface area contributed by atoms with Crippen molar-refractivity contribution < 1.29 is 51.4 Å². The number of allylic oxidation sites excluding steroid dienone is 1. The molecule has 0 spiro atoms. The van der Waals surface area contributed by atoms with Crippen LogP contribution in [0.4, 0.5) is 30.4 Å². The summed E-state index contributed by atoms with van der Waals surface area (Å²) in [5, 5.41) is 5.53. The Balaban J connectivity index is 0.000000159. The molecule has 3 amide bonds. The SMILES string of the molecule is CC(=O)c1ccc(N2CCN(C(=O)c3[nH]c4cc(Cl)ccc4c3CCCOc3cc(C)c(Cl)c(C)c3)CC2)cc1.CC(=O)c1ccc(N2CCN(C(=O)c3[nH]c4cc(Cl)ccc4c3CCCOc3cc(C)c(Cl)c(C)c3)CC2)cc1.Cc1ccc(N(Cc2ccc(C(F)(F)F)cc2)C(=O)C2=C(CCCOc3cc(C)c(Cl)c(C)c3)c3ccccc3C2)nc1. The van der Waals surface area contributed by atoms with Gasteiger partial charge in [-0.3, -0.25) is 28.9 Å². The third kappa shape index (κ3) is 21.9. The number of hydrogen-bond donors (Lipinski definition) is 2. The summed E-state index contributed by atoms with van der Waals surface area (Å²) in [6.07, 6.45) is 1.90. The lowest BCUT2D eigenvalue weighted by Gasteiger charge is -2.36. The molecule has 3 aromatic heterocycles. The van der Waals surface area contributed by atoms with Crippen LogP contribution in [0.2, 0.25) is 25.1 Å². The van der Waals surface area contributed by atoms with Gasteiger partial charge >= 0.3 is 6.18 Å². The highest BCUT2D eigenvalue weighted by atomic mass is 35.5. The minimum atomic E-state index is -4.43. The van der Waals surface area contributed by atoms with Gasteiger partial charge in [-0.1, -0.05) is 113 Å². The summed E-state index contributed by atoms with van der Waals surface area (Å²) in [5.41, 5.74) is 18.8. The first-order chi connectivity index (χ1) is 58.9. The topological polar surface area (TPSA) is 174 Å². The van der Waals surface area contributed by atoms with Crippen molar-refractivity contribution in [1.29, 1.82) is 0 Å². The molecule has 123 heavy (non-hydrogen) atoms. The number of piperazine rings is 2. The van der Waals surface area contributed by atoms with E-state index in [0.29, 0.717) is 128 Å². The summed E-state index contributed by atoms with van der Waals surface area (Å²) in [5.74, 6) is 2.69. The van der Waals surface area contributed by atoms with Crippen LogP contribution in [0.15, 0.2) is 194 Å². The predicted octanol–water partition coefficient (Wildman–Crippen LogP) is 23.6. The zero-order valence-electron chi connectivity index (χ0n) is 70.3. The van der Waals surface area contributed by atoms with Crippen molar-refractivity contribution in [1.82, 2.24) is 24.8 Å². The Bertz CT molecular complexity index is 5610. The number of nitrogens with one attached hydrogen (secondary N) is 2. The van der Waals surface area contributed by atoms with Crippen molar-refractivity contribution in [2.75, 3.05) is 86.9 Å². The number of anilines is 3. The van der Waals surface area contributed by atoms with Crippen LogP contribution in [0, 0.1) is 48.5 Å². The van der Waals surface area contributed by atoms with Gasteiger partial charge in [0.2, 0.25) is 0 Å². The Labute approximate surface area is 740 Å². The molecule has 5 heterocycles. The molecule has 2 aliphatic heterocycles. The molecule has 9 aromatic carbocycles. The highest BCUT2D eigenvalue weighted by Crippen LogP contribution is 2.40. The molecule has 24 heteroatoms. The number of amides is 3. The number of Topliss-reactive ketones (excluding diaryl/α,β-unsaturated/α-hetero) is 2. The number of halogens is 8. The zero-order valence-corrected chi connectivity index (χ0v) is 74.1. The molecule has 0 radical (unpaired) electrons. The van der Waals surface area contributed by atoms with Crippen molar-refractivity contribution in [3.05, 3.63) is 314 Å². The first-order valence-electron chi connectivity index (χ1n) is 41.2. The number of benzene rings is 9. The largest absolute Gasteiger partial charge is 0.494 e. The van der Waals surface area contributed by atoms with E-state index in [9.17, 15) is 37.1 Å². The number of ether oxygens (including phenoxy) is 3. The molecule has 0 unspecified atom stereocenters. The van der Waals surface area contributed by atoms with Gasteiger partial charge in [-0.2, -0.15) is 13.2 Å². The lowest BCUT2D eigenvalue weighted by Crippen LogP contribution is -2.49. The Hall–Kier alpha value is -11.1. The molecule has 2 fully saturated rings. The maximum Gasteiger partial charge on any atom is 0.416 e. The molecule has 638 valence electrons. The maximum absolute atomic E-state index is 14.3. The fourth-order valence-electron chi connectivity index (χ4n) is 16.0. The number of H-pyrrole nitrogens is 2. The Morgan fingerprint density at radius 3 is 1.27 bits per heavy atom. The number of carbonyl (C=O) groups excluding carboxylic acids is 5. The molecule has 0 saturated carbocycles. The Morgan fingerprint density at radius 2 is 0.878 bits per heavy atom. The number of fused-ring (bicyclic) bond motifs is 3. The molecule has 0 bridgehead atoms. The number of aryl methyl sites for hydroxylation is 9. The van der Waals surface area contributed by atoms with Crippen molar-refractivity contribution in [2.24, 2.45) is 0 Å². The standard InChI is InChI=1S/C35H32ClF3N2O2.2C32H33Cl2N3O3/c1-22-10-15-32(40-20-22)41(21-25-11-13-27(14-12-25)35(37,38)39)34(42)31-19-26-7-4-5-8-29(26)30(31)9-6-16-43-28-17-23(2)33(36)24(3)18-28;2*1-20-17-26(18-21(2)30(20)34)40-16-4-5-28-27-11-8-24(33)19-29(27)35-31(28)32(39)37-14-12-36(13-15-37)25-9-6-23(7-10-25)22(3)38/h4-5,7-8,10-15,17-18,20H,6,9,16,19,21H2,1-3H3;2*6-11,17-19,35H,4-5,12-16H2,1-3H3. The van der Waals surface area contributed by atoms with E-state index in [1.165, 1.54) is 12.1 Å². The van der Waals surface area contributed by atoms with Gasteiger partial charge in [-0.15, -0.1) is 0 Å². The van der Waals surface area contributed by atoms with Crippen LogP contribution in [0.25, 0.3) is 27.4 Å². The normalized spacial score (nSPS) is 13.3. The monoisotopic (exact) mass is 1760 g/mol. The van der Waals surface area contributed by atoms with Gasteiger partial charge in [0.25, 0.3) is 17.7 Å². The number of alkyl halides is 3. The molecule has 2 N–H and O–H groups in total. The van der Waals surface area contributed by atoms with Gasteiger partial charge < -0.3 is 43.8 Å². The van der Waals surface area contributed by atoms with E-state index in [4.69, 9.17) is 72.2 Å². The average Bonchev–Trinajstić information content (AvgIpc) is 1.64. The average molecular weight is 1760 g/mol. The van der Waals surface area contributed by atoms with Crippen LogP contribution in [0.5, 0.6) is 17.2 Å². The van der Waals surface area contributed by atoms with Crippen LogP contribution >= 0.6 is 58.0 Å². The van der Waals surface area contributed by atoms with E-state index in [2.05, 4.69) is 24.8 Å². The van der Waals surface area contributed by atoms with Crippen LogP contribution in [-0.4, -0.2) is 126 Å². The van der Waals surface area contributed by atoms with Crippen LogP contribution < -0.4 is 28.9 Å². The Morgan fingerprint density at radius 1 is 0.472 bits per heavy atom. The van der Waals surface area contributed by atoms with Gasteiger partial charge in [0, 0.05) is 140 Å². The number of rotatable bonds is 25. The van der Waals surface area contributed by atoms with E-state index >= 15 is 0 Å². The lowest BCUT2D eigenvalue weighted by atomic mass is 10.00. The van der Waals surface area contributed by atoms with Gasteiger partial charge in [-0.05, 0) is 301 Å². The molecule has 12 aromatic rings. The maximum atomic E-state index is 14.3. The third-order valence-electron chi connectivity index (χ3n) is 22.7. The summed E-state index contributed by atoms with van der Waals surface area (Å²) in [4.78, 5) is 86.1. The van der Waals surface area contributed by atoms with Crippen molar-refractivity contribution in [2.45, 2.75) is 120 Å². The number of carbonyl (C=O) groups is 5. The van der Waals surface area contributed by atoms with Gasteiger partial charge in [0.15, 0.2) is 11.6 Å². The highest BCUT2D eigenvalue weighted by molar-refractivity contribution is 6.33. The zero-order chi connectivity index (χ0) is 87.5. The molecule has 3 aliphatic rings. The van der Waals surface area contributed by atoms with Crippen molar-refractivity contribution in [3.63, 3.8) is 0 Å². The molecule has 15 rings (SSSR count). The number of pyridine rings is 1. The van der Waals surface area contributed by atoms with E-state index in [1.807, 2.05) is 210 Å². The number of hydrogen-bond acceptors (Lipinski definition) is 11. The van der Waals surface area contributed by atoms with Crippen LogP contribution in [0.1, 0.15) is 154 Å². The molecule has 16 nitrogen and oxygen atoms in total. The fourth-order valence-corrected chi connectivity index (χ4v) is 16.7. The smallest absolute Gasteiger partial charge is 0.416 e. The van der Waals surface area contributed by atoms with E-state index < -0.39 is 11.7 Å². The summed E-state index contributed by atoms with van der Waals surface area (Å²) < 4.78 is 57.6. The van der Waals surface area contributed by atoms with Crippen LogP contribution in [-0.2, 0) is 36.8 Å². The van der Waals surface area contributed by atoms with E-state index in [1.54, 1.807) is 31.0 Å². The summed E-state index contributed by atoms with van der Waals surface area (Å²) in [6, 6.07) is 54.9. The second-order valence-corrected chi connectivity index (χ2v) is 33.6. The van der Waals surface area contributed by atoms with Gasteiger partial charge in [0.1, 0.15) is 34.5 Å². The third-order valence-corrected chi connectivity index (χ3v) is 25.0. The van der Waals surface area contributed by atoms with Crippen LogP contribution in [0.3, 0.4) is 0 Å². The molecular formula is C99H98Cl5F3N8O8. The predicted molar refractivity (Wildman–Crippen MR) is 490 cm³/mol. The second kappa shape index (κ2) is 40.1. The summed E-state index contributed by atoms with van der Waals surface area (Å²) >= 11 is 31.4. The fraction of sp³-hybridized carbons (Fsp3) is 0.293. The quantitative estimate of drug-likeness (QED) is 0.0412. The van der Waals surface area contributed by atoms with Gasteiger partial charge in [0.05, 0.1) is 31.9 Å². The van der Waals surface area contributed by atoms with Crippen molar-refractivity contribution >= 4 is 132 Å². The summed E-state index contributed by atoms with van der Waals surface area (Å²) in [7, 11) is 0. The minimum Gasteiger partial charge on any atom is -0.494 e. The highest BCUT2D eigenvalue weighted by Gasteiger charge is 2.34.